The third-order valence-corrected chi connectivity index (χ3v) is 3.21. The second kappa shape index (κ2) is 4.34. The highest BCUT2D eigenvalue weighted by molar-refractivity contribution is 5.78. The summed E-state index contributed by atoms with van der Waals surface area (Å²) in [7, 11) is 0. The minimum absolute atomic E-state index is 0.0915. The first-order valence-corrected chi connectivity index (χ1v) is 6.00. The predicted octanol–water partition coefficient (Wildman–Crippen LogP) is 2.53. The molecule has 1 aliphatic heterocycles. The fourth-order valence-corrected chi connectivity index (χ4v) is 2.03. The van der Waals surface area contributed by atoms with Crippen LogP contribution in [-0.2, 0) is 5.41 Å². The molecule has 4 nitrogen and oxygen atoms in total. The van der Waals surface area contributed by atoms with E-state index in [9.17, 15) is 4.79 Å². The molecule has 0 saturated carbocycles. The average molecular weight is 243 g/mol. The molecule has 0 aliphatic carbocycles. The highest BCUT2D eigenvalue weighted by Gasteiger charge is 2.29. The minimum Gasteiger partial charge on any atom is -0.328 e. The number of nitrogens with one attached hydrogen (secondary N) is 1. The van der Waals surface area contributed by atoms with E-state index in [1.807, 2.05) is 18.3 Å². The van der Waals surface area contributed by atoms with E-state index in [0.717, 1.165) is 10.5 Å². The van der Waals surface area contributed by atoms with Gasteiger partial charge in [-0.25, -0.2) is 9.69 Å². The zero-order valence-corrected chi connectivity index (χ0v) is 10.9. The van der Waals surface area contributed by atoms with Crippen molar-refractivity contribution in [1.82, 2.24) is 10.2 Å². The summed E-state index contributed by atoms with van der Waals surface area (Å²) >= 11 is 0. The number of urea groups is 1. The van der Waals surface area contributed by atoms with Crippen molar-refractivity contribution in [2.75, 3.05) is 6.54 Å². The predicted molar refractivity (Wildman–Crippen MR) is 68.7 cm³/mol. The van der Waals surface area contributed by atoms with Crippen LogP contribution in [0, 0.1) is 11.5 Å². The first-order valence-electron chi connectivity index (χ1n) is 6.00. The molecule has 1 heterocycles. The van der Waals surface area contributed by atoms with Crippen molar-refractivity contribution in [2.45, 2.75) is 32.2 Å². The summed E-state index contributed by atoms with van der Waals surface area (Å²) < 4.78 is 0. The lowest BCUT2D eigenvalue weighted by atomic mass is 9.86. The molecule has 18 heavy (non-hydrogen) atoms. The van der Waals surface area contributed by atoms with E-state index < -0.39 is 0 Å². The maximum atomic E-state index is 11.4. The van der Waals surface area contributed by atoms with Gasteiger partial charge in [0.05, 0.1) is 12.6 Å². The molecular weight excluding hydrogens is 226 g/mol. The molecule has 0 radical (unpaired) electrons. The molecule has 1 N–H and O–H groups in total. The van der Waals surface area contributed by atoms with Crippen LogP contribution in [0.2, 0.25) is 0 Å². The number of benzene rings is 1. The van der Waals surface area contributed by atoms with Gasteiger partial charge in [0.25, 0.3) is 0 Å². The summed E-state index contributed by atoms with van der Waals surface area (Å²) in [6.07, 6.45) is 1.87. The molecule has 4 heteroatoms. The van der Waals surface area contributed by atoms with E-state index in [-0.39, 0.29) is 17.5 Å². The molecule has 2 amide bonds. The maximum absolute atomic E-state index is 11.4. The van der Waals surface area contributed by atoms with Crippen LogP contribution in [0.5, 0.6) is 0 Å². The average Bonchev–Trinajstić information content (AvgIpc) is 2.69. The van der Waals surface area contributed by atoms with E-state index in [4.69, 9.17) is 5.26 Å². The smallest absolute Gasteiger partial charge is 0.328 e. The van der Waals surface area contributed by atoms with Crippen molar-refractivity contribution in [3.05, 3.63) is 35.4 Å². The number of amides is 2. The van der Waals surface area contributed by atoms with Crippen molar-refractivity contribution in [2.24, 2.45) is 0 Å². The molecular formula is C14H17N3O. The molecule has 1 aromatic rings. The Bertz CT molecular complexity index is 493. The number of nitrogens with zero attached hydrogens (tertiary/aromatic N) is 2. The number of nitriles is 1. The zero-order valence-electron chi connectivity index (χ0n) is 10.9. The van der Waals surface area contributed by atoms with Crippen LogP contribution >= 0.6 is 0 Å². The summed E-state index contributed by atoms with van der Waals surface area (Å²) in [6, 6.07) is 7.79. The topological polar surface area (TPSA) is 56.1 Å². The van der Waals surface area contributed by atoms with Gasteiger partial charge in [-0.05, 0) is 16.5 Å². The molecule has 1 aliphatic rings. The van der Waals surface area contributed by atoms with Crippen LogP contribution in [0.15, 0.2) is 24.3 Å². The molecule has 1 atom stereocenters. The van der Waals surface area contributed by atoms with Crippen molar-refractivity contribution in [3.8, 4) is 6.19 Å². The summed E-state index contributed by atoms with van der Waals surface area (Å²) in [4.78, 5) is 12.5. The van der Waals surface area contributed by atoms with Gasteiger partial charge in [0, 0.05) is 0 Å². The lowest BCUT2D eigenvalue weighted by Crippen LogP contribution is -2.23. The summed E-state index contributed by atoms with van der Waals surface area (Å²) in [6.45, 7) is 6.90. The van der Waals surface area contributed by atoms with Gasteiger partial charge in [-0.3, -0.25) is 0 Å². The van der Waals surface area contributed by atoms with E-state index in [0.29, 0.717) is 6.54 Å². The fourth-order valence-electron chi connectivity index (χ4n) is 2.03. The van der Waals surface area contributed by atoms with Crippen molar-refractivity contribution in [1.29, 1.82) is 5.26 Å². The molecule has 1 unspecified atom stereocenters. The number of rotatable bonds is 1. The van der Waals surface area contributed by atoms with Gasteiger partial charge in [0.1, 0.15) is 0 Å². The zero-order chi connectivity index (χ0) is 13.3. The van der Waals surface area contributed by atoms with Gasteiger partial charge in [-0.2, -0.15) is 5.26 Å². The number of hydrogen-bond acceptors (Lipinski definition) is 2. The van der Waals surface area contributed by atoms with Gasteiger partial charge in [-0.15, -0.1) is 0 Å². The molecule has 1 saturated heterocycles. The molecule has 94 valence electrons. The van der Waals surface area contributed by atoms with Crippen LogP contribution in [0.3, 0.4) is 0 Å². The lowest BCUT2D eigenvalue weighted by molar-refractivity contribution is 0.232. The summed E-state index contributed by atoms with van der Waals surface area (Å²) in [5, 5.41) is 11.6. The highest BCUT2D eigenvalue weighted by atomic mass is 16.2. The first kappa shape index (κ1) is 12.4. The van der Waals surface area contributed by atoms with Gasteiger partial charge >= 0.3 is 6.03 Å². The maximum Gasteiger partial charge on any atom is 0.331 e. The van der Waals surface area contributed by atoms with Crippen LogP contribution in [-0.4, -0.2) is 17.5 Å². The van der Waals surface area contributed by atoms with E-state index in [2.05, 4.69) is 38.2 Å². The lowest BCUT2D eigenvalue weighted by Gasteiger charge is -2.20. The third-order valence-electron chi connectivity index (χ3n) is 3.21. The number of hydrogen-bond donors (Lipinski definition) is 1. The van der Waals surface area contributed by atoms with E-state index >= 15 is 0 Å². The molecule has 0 spiro atoms. The molecule has 0 aromatic heterocycles. The quantitative estimate of drug-likeness (QED) is 0.770. The number of carbonyl (C=O) groups excluding carboxylic acids is 1. The largest absolute Gasteiger partial charge is 0.331 e. The molecule has 1 fully saturated rings. The first-order chi connectivity index (χ1) is 8.41. The Labute approximate surface area is 107 Å². The molecule has 0 bridgehead atoms. The standard InChI is InChI=1S/C14H17N3O/c1-14(2,3)11-6-4-10(5-7-11)12-8-17(9-15)13(18)16-12/h4-7,12H,8H2,1-3H3,(H,16,18). The van der Waals surface area contributed by atoms with E-state index in [1.165, 1.54) is 5.56 Å². The second-order valence-corrected chi connectivity index (χ2v) is 5.58. The Kier molecular flexibility index (Phi) is 3.00. The molecule has 2 rings (SSSR count). The number of carbonyl (C=O) groups is 1. The Morgan fingerprint density at radius 2 is 1.94 bits per heavy atom. The summed E-state index contributed by atoms with van der Waals surface area (Å²) in [5.74, 6) is 0. The third kappa shape index (κ3) is 2.30. The van der Waals surface area contributed by atoms with Crippen LogP contribution in [0.1, 0.15) is 37.9 Å². The molecule has 1 aromatic carbocycles. The van der Waals surface area contributed by atoms with Crippen molar-refractivity contribution in [3.63, 3.8) is 0 Å². The fraction of sp³-hybridized carbons (Fsp3) is 0.429. The Hall–Kier alpha value is -2.02. The van der Waals surface area contributed by atoms with Crippen molar-refractivity contribution < 1.29 is 4.79 Å². The monoisotopic (exact) mass is 243 g/mol. The van der Waals surface area contributed by atoms with Gasteiger partial charge in [-0.1, -0.05) is 45.0 Å². The normalized spacial score (nSPS) is 19.6. The van der Waals surface area contributed by atoms with Gasteiger partial charge < -0.3 is 5.32 Å². The Balaban J connectivity index is 2.17. The van der Waals surface area contributed by atoms with E-state index in [1.54, 1.807) is 0 Å². The van der Waals surface area contributed by atoms with Gasteiger partial charge in [0.15, 0.2) is 6.19 Å². The van der Waals surface area contributed by atoms with Crippen LogP contribution in [0.4, 0.5) is 4.79 Å². The van der Waals surface area contributed by atoms with Crippen LogP contribution in [0.25, 0.3) is 0 Å². The van der Waals surface area contributed by atoms with Crippen LogP contribution < -0.4 is 5.32 Å². The van der Waals surface area contributed by atoms with Crippen molar-refractivity contribution >= 4 is 6.03 Å². The minimum atomic E-state index is -0.317. The summed E-state index contributed by atoms with van der Waals surface area (Å²) in [5.41, 5.74) is 2.41. The SMILES string of the molecule is CC(C)(C)c1ccc(C2CN(C#N)C(=O)N2)cc1. The van der Waals surface area contributed by atoms with Gasteiger partial charge in [0.2, 0.25) is 0 Å². The Morgan fingerprint density at radius 3 is 2.39 bits per heavy atom. The highest BCUT2D eigenvalue weighted by Crippen LogP contribution is 2.25. The Morgan fingerprint density at radius 1 is 1.33 bits per heavy atom. The second-order valence-electron chi connectivity index (χ2n) is 5.58.